The summed E-state index contributed by atoms with van der Waals surface area (Å²) in [6, 6.07) is 17.6. The van der Waals surface area contributed by atoms with E-state index < -0.39 is 0 Å². The van der Waals surface area contributed by atoms with Crippen LogP contribution in [-0.4, -0.2) is 6.04 Å². The molecule has 2 aromatic carbocycles. The summed E-state index contributed by atoms with van der Waals surface area (Å²) in [5.41, 5.74) is 3.94. The zero-order chi connectivity index (χ0) is 13.7. The van der Waals surface area contributed by atoms with E-state index in [4.69, 9.17) is 0 Å². The van der Waals surface area contributed by atoms with E-state index in [1.807, 2.05) is 0 Å². The second-order valence-electron chi connectivity index (χ2n) is 5.08. The summed E-state index contributed by atoms with van der Waals surface area (Å²) in [4.78, 5) is 0. The Kier molecular flexibility index (Phi) is 5.03. The Labute approximate surface area is 124 Å². The van der Waals surface area contributed by atoms with Crippen molar-refractivity contribution in [2.75, 3.05) is 5.32 Å². The maximum atomic E-state index is 3.53. The second kappa shape index (κ2) is 6.76. The van der Waals surface area contributed by atoms with Crippen LogP contribution in [0, 0.1) is 6.92 Å². The summed E-state index contributed by atoms with van der Waals surface area (Å²) in [5, 5.41) is 3.53. The highest BCUT2D eigenvalue weighted by atomic mass is 79.9. The second-order valence-corrected chi connectivity index (χ2v) is 6.00. The highest BCUT2D eigenvalue weighted by Gasteiger charge is 2.03. The standard InChI is InChI=1S/C17H20BrN/c1-13-4-3-5-15(12-13)7-6-14(2)19-17-10-8-16(18)9-11-17/h3-5,8-12,14,19H,6-7H2,1-2H3. The Balaban J connectivity index is 1.84. The van der Waals surface area contributed by atoms with Crippen LogP contribution < -0.4 is 5.32 Å². The monoisotopic (exact) mass is 317 g/mol. The summed E-state index contributed by atoms with van der Waals surface area (Å²) in [5.74, 6) is 0. The van der Waals surface area contributed by atoms with Gasteiger partial charge < -0.3 is 5.32 Å². The lowest BCUT2D eigenvalue weighted by molar-refractivity contribution is 0.706. The number of benzene rings is 2. The van der Waals surface area contributed by atoms with Gasteiger partial charge in [-0.1, -0.05) is 45.8 Å². The molecular formula is C17H20BrN. The van der Waals surface area contributed by atoms with Crippen molar-refractivity contribution >= 4 is 21.6 Å². The Morgan fingerprint density at radius 3 is 2.53 bits per heavy atom. The average molecular weight is 318 g/mol. The van der Waals surface area contributed by atoms with Crippen molar-refractivity contribution in [2.24, 2.45) is 0 Å². The molecule has 0 spiro atoms. The SMILES string of the molecule is Cc1cccc(CCC(C)Nc2ccc(Br)cc2)c1. The van der Waals surface area contributed by atoms with Crippen molar-refractivity contribution in [3.63, 3.8) is 0 Å². The Morgan fingerprint density at radius 2 is 1.84 bits per heavy atom. The van der Waals surface area contributed by atoms with Crippen molar-refractivity contribution in [3.05, 3.63) is 64.1 Å². The van der Waals surface area contributed by atoms with Gasteiger partial charge in [0.05, 0.1) is 0 Å². The van der Waals surface area contributed by atoms with Crippen LogP contribution in [0.3, 0.4) is 0 Å². The number of rotatable bonds is 5. The molecule has 2 aromatic rings. The molecule has 0 radical (unpaired) electrons. The topological polar surface area (TPSA) is 12.0 Å². The van der Waals surface area contributed by atoms with Gasteiger partial charge in [0.25, 0.3) is 0 Å². The molecule has 0 aliphatic carbocycles. The van der Waals surface area contributed by atoms with Gasteiger partial charge in [-0.05, 0) is 56.5 Å². The normalized spacial score (nSPS) is 12.2. The molecule has 0 saturated heterocycles. The summed E-state index contributed by atoms with van der Waals surface area (Å²) in [7, 11) is 0. The van der Waals surface area contributed by atoms with Gasteiger partial charge in [0.15, 0.2) is 0 Å². The lowest BCUT2D eigenvalue weighted by Crippen LogP contribution is -2.15. The fraction of sp³-hybridized carbons (Fsp3) is 0.294. The molecule has 1 unspecified atom stereocenters. The van der Waals surface area contributed by atoms with Crippen molar-refractivity contribution in [1.29, 1.82) is 0 Å². The fourth-order valence-electron chi connectivity index (χ4n) is 2.15. The van der Waals surface area contributed by atoms with E-state index in [2.05, 4.69) is 83.6 Å². The van der Waals surface area contributed by atoms with E-state index in [1.165, 1.54) is 16.8 Å². The molecule has 1 atom stereocenters. The molecule has 2 heteroatoms. The zero-order valence-corrected chi connectivity index (χ0v) is 13.1. The van der Waals surface area contributed by atoms with E-state index >= 15 is 0 Å². The zero-order valence-electron chi connectivity index (χ0n) is 11.5. The first kappa shape index (κ1) is 14.1. The Bertz CT molecular complexity index is 519. The molecule has 1 N–H and O–H groups in total. The van der Waals surface area contributed by atoms with Crippen LogP contribution in [0.4, 0.5) is 5.69 Å². The maximum Gasteiger partial charge on any atom is 0.0342 e. The third-order valence-electron chi connectivity index (χ3n) is 3.21. The smallest absolute Gasteiger partial charge is 0.0342 e. The quantitative estimate of drug-likeness (QED) is 0.800. The van der Waals surface area contributed by atoms with Gasteiger partial charge in [-0.15, -0.1) is 0 Å². The Morgan fingerprint density at radius 1 is 1.11 bits per heavy atom. The highest BCUT2D eigenvalue weighted by Crippen LogP contribution is 2.16. The van der Waals surface area contributed by atoms with Gasteiger partial charge in [0.2, 0.25) is 0 Å². The number of hydrogen-bond donors (Lipinski definition) is 1. The van der Waals surface area contributed by atoms with Crippen molar-refractivity contribution in [2.45, 2.75) is 32.7 Å². The van der Waals surface area contributed by atoms with Gasteiger partial charge in [-0.2, -0.15) is 0 Å². The lowest BCUT2D eigenvalue weighted by atomic mass is 10.0. The number of halogens is 1. The summed E-state index contributed by atoms with van der Waals surface area (Å²) < 4.78 is 1.12. The van der Waals surface area contributed by atoms with Gasteiger partial charge in [0.1, 0.15) is 0 Å². The molecule has 0 bridgehead atoms. The first-order chi connectivity index (χ1) is 9.13. The van der Waals surface area contributed by atoms with Crippen LogP contribution in [0.25, 0.3) is 0 Å². The minimum absolute atomic E-state index is 0.474. The molecule has 0 fully saturated rings. The van der Waals surface area contributed by atoms with E-state index in [1.54, 1.807) is 0 Å². The predicted molar refractivity (Wildman–Crippen MR) is 86.7 cm³/mol. The van der Waals surface area contributed by atoms with Crippen LogP contribution in [-0.2, 0) is 6.42 Å². The molecule has 0 saturated carbocycles. The maximum absolute atomic E-state index is 3.53. The van der Waals surface area contributed by atoms with Crippen molar-refractivity contribution in [3.8, 4) is 0 Å². The van der Waals surface area contributed by atoms with E-state index in [0.29, 0.717) is 6.04 Å². The first-order valence-electron chi connectivity index (χ1n) is 6.71. The van der Waals surface area contributed by atoms with Gasteiger partial charge >= 0.3 is 0 Å². The van der Waals surface area contributed by atoms with Crippen LogP contribution in [0.1, 0.15) is 24.5 Å². The van der Waals surface area contributed by atoms with E-state index in [9.17, 15) is 0 Å². The number of nitrogens with one attached hydrogen (secondary N) is 1. The van der Waals surface area contributed by atoms with Gasteiger partial charge in [-0.25, -0.2) is 0 Å². The predicted octanol–water partition coefficient (Wildman–Crippen LogP) is 5.19. The first-order valence-corrected chi connectivity index (χ1v) is 7.50. The largest absolute Gasteiger partial charge is 0.383 e. The molecule has 0 amide bonds. The average Bonchev–Trinajstić information content (AvgIpc) is 2.39. The fourth-order valence-corrected chi connectivity index (χ4v) is 2.42. The molecule has 1 nitrogen and oxygen atoms in total. The van der Waals surface area contributed by atoms with Crippen LogP contribution in [0.2, 0.25) is 0 Å². The van der Waals surface area contributed by atoms with Crippen LogP contribution in [0.5, 0.6) is 0 Å². The lowest BCUT2D eigenvalue weighted by Gasteiger charge is -2.15. The third kappa shape index (κ3) is 4.71. The summed E-state index contributed by atoms with van der Waals surface area (Å²) in [6.45, 7) is 4.38. The molecule has 2 rings (SSSR count). The minimum atomic E-state index is 0.474. The summed E-state index contributed by atoms with van der Waals surface area (Å²) >= 11 is 3.45. The number of hydrogen-bond acceptors (Lipinski definition) is 1. The molecule has 100 valence electrons. The number of anilines is 1. The molecule has 0 aliphatic rings. The molecule has 0 aromatic heterocycles. The highest BCUT2D eigenvalue weighted by molar-refractivity contribution is 9.10. The summed E-state index contributed by atoms with van der Waals surface area (Å²) in [6.07, 6.45) is 2.26. The van der Waals surface area contributed by atoms with Crippen LogP contribution >= 0.6 is 15.9 Å². The van der Waals surface area contributed by atoms with Crippen molar-refractivity contribution < 1.29 is 0 Å². The van der Waals surface area contributed by atoms with Crippen LogP contribution in [0.15, 0.2) is 53.0 Å². The van der Waals surface area contributed by atoms with Gasteiger partial charge in [-0.3, -0.25) is 0 Å². The van der Waals surface area contributed by atoms with Gasteiger partial charge in [0, 0.05) is 16.2 Å². The molecule has 0 aliphatic heterocycles. The number of aryl methyl sites for hydroxylation is 2. The van der Waals surface area contributed by atoms with E-state index in [0.717, 1.165) is 17.3 Å². The van der Waals surface area contributed by atoms with Crippen molar-refractivity contribution in [1.82, 2.24) is 0 Å². The molecular weight excluding hydrogens is 298 g/mol. The third-order valence-corrected chi connectivity index (χ3v) is 3.73. The molecule has 19 heavy (non-hydrogen) atoms. The van der Waals surface area contributed by atoms with E-state index in [-0.39, 0.29) is 0 Å². The Hall–Kier alpha value is -1.28. The minimum Gasteiger partial charge on any atom is -0.383 e. The molecule has 0 heterocycles.